The standard InChI is InChI=1S/C18H17FN4O/c19-13-7-12(9-20-10-13)11-5-6-16-15(8-11)17(23-22-16)18(24)21-14-3-1-2-4-14/h5-10,14H,1-4H2,(H,21,24)(H,22,23). The number of aromatic amines is 1. The van der Waals surface area contributed by atoms with E-state index in [0.29, 0.717) is 11.3 Å². The Bertz CT molecular complexity index is 899. The van der Waals surface area contributed by atoms with Crippen LogP contribution in [0.1, 0.15) is 36.2 Å². The molecule has 0 bridgehead atoms. The summed E-state index contributed by atoms with van der Waals surface area (Å²) in [5, 5.41) is 10.8. The molecule has 6 heteroatoms. The Morgan fingerprint density at radius 1 is 1.17 bits per heavy atom. The second kappa shape index (κ2) is 6.03. The fourth-order valence-electron chi connectivity index (χ4n) is 3.26. The molecule has 0 spiro atoms. The van der Waals surface area contributed by atoms with E-state index in [2.05, 4.69) is 20.5 Å². The molecule has 5 nitrogen and oxygen atoms in total. The van der Waals surface area contributed by atoms with Crippen molar-refractivity contribution in [1.29, 1.82) is 0 Å². The average Bonchev–Trinajstić information content (AvgIpc) is 3.23. The quantitative estimate of drug-likeness (QED) is 0.775. The van der Waals surface area contributed by atoms with Gasteiger partial charge in [-0.05, 0) is 36.6 Å². The molecule has 0 atom stereocenters. The van der Waals surface area contributed by atoms with Crippen LogP contribution >= 0.6 is 0 Å². The van der Waals surface area contributed by atoms with Crippen LogP contribution < -0.4 is 5.32 Å². The molecule has 1 aromatic carbocycles. The molecule has 4 rings (SSSR count). The summed E-state index contributed by atoms with van der Waals surface area (Å²) in [5.74, 6) is -0.554. The molecule has 0 aliphatic heterocycles. The van der Waals surface area contributed by atoms with Crippen molar-refractivity contribution in [2.24, 2.45) is 0 Å². The lowest BCUT2D eigenvalue weighted by Crippen LogP contribution is -2.32. The van der Waals surface area contributed by atoms with Gasteiger partial charge in [-0.15, -0.1) is 0 Å². The number of nitrogens with one attached hydrogen (secondary N) is 2. The van der Waals surface area contributed by atoms with Crippen LogP contribution in [0.15, 0.2) is 36.7 Å². The molecule has 2 aromatic heterocycles. The predicted octanol–water partition coefficient (Wildman–Crippen LogP) is 3.44. The highest BCUT2D eigenvalue weighted by Gasteiger charge is 2.21. The monoisotopic (exact) mass is 324 g/mol. The van der Waals surface area contributed by atoms with Crippen LogP contribution in [-0.2, 0) is 0 Å². The Morgan fingerprint density at radius 2 is 2.00 bits per heavy atom. The first-order chi connectivity index (χ1) is 11.7. The fourth-order valence-corrected chi connectivity index (χ4v) is 3.26. The average molecular weight is 324 g/mol. The number of amides is 1. The molecule has 1 amide bonds. The second-order valence-electron chi connectivity index (χ2n) is 6.18. The van der Waals surface area contributed by atoms with E-state index in [1.165, 1.54) is 12.3 Å². The van der Waals surface area contributed by atoms with Gasteiger partial charge in [-0.1, -0.05) is 18.9 Å². The lowest BCUT2D eigenvalue weighted by Gasteiger charge is -2.10. The Hall–Kier alpha value is -2.76. The van der Waals surface area contributed by atoms with Crippen LogP contribution in [-0.4, -0.2) is 27.1 Å². The van der Waals surface area contributed by atoms with Gasteiger partial charge < -0.3 is 5.32 Å². The molecular weight excluding hydrogens is 307 g/mol. The summed E-state index contributed by atoms with van der Waals surface area (Å²) < 4.78 is 13.4. The Balaban J connectivity index is 1.69. The second-order valence-corrected chi connectivity index (χ2v) is 6.18. The van der Waals surface area contributed by atoms with Crippen LogP contribution in [0, 0.1) is 5.82 Å². The van der Waals surface area contributed by atoms with Gasteiger partial charge in [0.1, 0.15) is 5.82 Å². The van der Waals surface area contributed by atoms with Crippen molar-refractivity contribution in [3.8, 4) is 11.1 Å². The highest BCUT2D eigenvalue weighted by Crippen LogP contribution is 2.26. The first-order valence-electron chi connectivity index (χ1n) is 8.10. The van der Waals surface area contributed by atoms with Gasteiger partial charge >= 0.3 is 0 Å². The summed E-state index contributed by atoms with van der Waals surface area (Å²) in [6.07, 6.45) is 7.12. The molecule has 3 aromatic rings. The Morgan fingerprint density at radius 3 is 2.79 bits per heavy atom. The van der Waals surface area contributed by atoms with Crippen molar-refractivity contribution in [3.63, 3.8) is 0 Å². The first-order valence-corrected chi connectivity index (χ1v) is 8.10. The molecule has 1 fully saturated rings. The van der Waals surface area contributed by atoms with Gasteiger partial charge in [0.2, 0.25) is 0 Å². The lowest BCUT2D eigenvalue weighted by atomic mass is 10.0. The molecule has 0 radical (unpaired) electrons. The van der Waals surface area contributed by atoms with E-state index in [9.17, 15) is 9.18 Å². The highest BCUT2D eigenvalue weighted by atomic mass is 19.1. The Labute approximate surface area is 138 Å². The maximum absolute atomic E-state index is 13.4. The number of rotatable bonds is 3. The third kappa shape index (κ3) is 2.75. The summed E-state index contributed by atoms with van der Waals surface area (Å²) in [4.78, 5) is 16.4. The van der Waals surface area contributed by atoms with Crippen molar-refractivity contribution in [3.05, 3.63) is 48.2 Å². The van der Waals surface area contributed by atoms with E-state index >= 15 is 0 Å². The smallest absolute Gasteiger partial charge is 0.272 e. The third-order valence-corrected chi connectivity index (χ3v) is 4.51. The van der Waals surface area contributed by atoms with Gasteiger partial charge in [-0.25, -0.2) is 4.39 Å². The van der Waals surface area contributed by atoms with Gasteiger partial charge in [-0.3, -0.25) is 14.9 Å². The number of carbonyl (C=O) groups is 1. The number of H-pyrrole nitrogens is 1. The van der Waals surface area contributed by atoms with Crippen molar-refractivity contribution in [2.45, 2.75) is 31.7 Å². The molecule has 0 saturated heterocycles. The zero-order valence-electron chi connectivity index (χ0n) is 13.1. The summed E-state index contributed by atoms with van der Waals surface area (Å²) in [7, 11) is 0. The summed E-state index contributed by atoms with van der Waals surface area (Å²) in [5.41, 5.74) is 2.62. The van der Waals surface area contributed by atoms with E-state index in [1.54, 1.807) is 6.20 Å². The zero-order valence-corrected chi connectivity index (χ0v) is 13.1. The van der Waals surface area contributed by atoms with Crippen molar-refractivity contribution in [1.82, 2.24) is 20.5 Å². The summed E-state index contributed by atoms with van der Waals surface area (Å²) >= 11 is 0. The number of aromatic nitrogens is 3. The minimum absolute atomic E-state index is 0.164. The third-order valence-electron chi connectivity index (χ3n) is 4.51. The van der Waals surface area contributed by atoms with Gasteiger partial charge in [-0.2, -0.15) is 5.10 Å². The summed E-state index contributed by atoms with van der Waals surface area (Å²) in [6.45, 7) is 0. The number of fused-ring (bicyclic) bond motifs is 1. The molecule has 0 unspecified atom stereocenters. The van der Waals surface area contributed by atoms with Crippen LogP contribution in [0.2, 0.25) is 0 Å². The zero-order chi connectivity index (χ0) is 16.5. The number of benzene rings is 1. The number of hydrogen-bond donors (Lipinski definition) is 2. The molecule has 1 aliphatic carbocycles. The normalized spacial score (nSPS) is 15.0. The van der Waals surface area contributed by atoms with E-state index in [0.717, 1.165) is 42.1 Å². The van der Waals surface area contributed by atoms with E-state index in [1.807, 2.05) is 18.2 Å². The topological polar surface area (TPSA) is 70.7 Å². The van der Waals surface area contributed by atoms with Crippen molar-refractivity contribution >= 4 is 16.8 Å². The predicted molar refractivity (Wildman–Crippen MR) is 89.0 cm³/mol. The first kappa shape index (κ1) is 14.8. The number of carbonyl (C=O) groups excluding carboxylic acids is 1. The van der Waals surface area contributed by atoms with Gasteiger partial charge in [0.05, 0.1) is 11.7 Å². The Kier molecular flexibility index (Phi) is 3.72. The molecular formula is C18H17FN4O. The van der Waals surface area contributed by atoms with Gasteiger partial charge in [0, 0.05) is 23.2 Å². The van der Waals surface area contributed by atoms with Crippen LogP contribution in [0.4, 0.5) is 4.39 Å². The van der Waals surface area contributed by atoms with Crippen LogP contribution in [0.25, 0.3) is 22.0 Å². The molecule has 2 N–H and O–H groups in total. The van der Waals surface area contributed by atoms with E-state index in [4.69, 9.17) is 0 Å². The van der Waals surface area contributed by atoms with Crippen molar-refractivity contribution in [2.75, 3.05) is 0 Å². The minimum atomic E-state index is -0.390. The minimum Gasteiger partial charge on any atom is -0.348 e. The van der Waals surface area contributed by atoms with E-state index in [-0.39, 0.29) is 17.8 Å². The molecule has 24 heavy (non-hydrogen) atoms. The maximum atomic E-state index is 13.4. The van der Waals surface area contributed by atoms with Crippen LogP contribution in [0.5, 0.6) is 0 Å². The molecule has 1 saturated carbocycles. The highest BCUT2D eigenvalue weighted by molar-refractivity contribution is 6.05. The van der Waals surface area contributed by atoms with Gasteiger partial charge in [0.15, 0.2) is 5.69 Å². The largest absolute Gasteiger partial charge is 0.348 e. The maximum Gasteiger partial charge on any atom is 0.272 e. The molecule has 1 aliphatic rings. The lowest BCUT2D eigenvalue weighted by molar-refractivity contribution is 0.0934. The van der Waals surface area contributed by atoms with Crippen molar-refractivity contribution < 1.29 is 9.18 Å². The van der Waals surface area contributed by atoms with E-state index < -0.39 is 0 Å². The molecule has 122 valence electrons. The SMILES string of the molecule is O=C(NC1CCCC1)c1n[nH]c2ccc(-c3cncc(F)c3)cc12. The number of nitrogens with zero attached hydrogens (tertiary/aromatic N) is 2. The number of hydrogen-bond acceptors (Lipinski definition) is 3. The van der Waals surface area contributed by atoms with Gasteiger partial charge in [0.25, 0.3) is 5.91 Å². The number of halogens is 1. The number of pyridine rings is 1. The summed E-state index contributed by atoms with van der Waals surface area (Å²) in [6, 6.07) is 7.20. The molecule has 2 heterocycles. The fraction of sp³-hybridized carbons (Fsp3) is 0.278. The van der Waals surface area contributed by atoms with Crippen LogP contribution in [0.3, 0.4) is 0 Å².